The maximum absolute atomic E-state index is 11.7. The molecule has 0 saturated heterocycles. The fourth-order valence-electron chi connectivity index (χ4n) is 2.43. The molecule has 124 valence electrons. The number of benzene rings is 2. The van der Waals surface area contributed by atoms with Gasteiger partial charge in [-0.15, -0.1) is 0 Å². The summed E-state index contributed by atoms with van der Waals surface area (Å²) in [5.41, 5.74) is 0. The minimum Gasteiger partial charge on any atom is -0.213 e. The summed E-state index contributed by atoms with van der Waals surface area (Å²) >= 11 is 0. The van der Waals surface area contributed by atoms with Crippen molar-refractivity contribution in [3.63, 3.8) is 0 Å². The van der Waals surface area contributed by atoms with Crippen LogP contribution >= 0.6 is 7.92 Å². The van der Waals surface area contributed by atoms with Crippen LogP contribution in [0.2, 0.25) is 0 Å². The average molecular weight is 349 g/mol. The fourth-order valence-corrected chi connectivity index (χ4v) is 6.15. The third-order valence-corrected chi connectivity index (χ3v) is 7.02. The molecule has 0 amide bonds. The summed E-state index contributed by atoms with van der Waals surface area (Å²) in [6.45, 7) is 4.12. The highest BCUT2D eigenvalue weighted by molar-refractivity contribution is 7.88. The molecule has 0 radical (unpaired) electrons. The molecule has 0 saturated carbocycles. The Bertz CT molecular complexity index is 663. The van der Waals surface area contributed by atoms with Gasteiger partial charge in [0.2, 0.25) is 10.0 Å². The molecule has 0 spiro atoms. The number of hydrogen-bond donors (Lipinski definition) is 1. The van der Waals surface area contributed by atoms with Crippen molar-refractivity contribution in [2.45, 2.75) is 19.9 Å². The van der Waals surface area contributed by atoms with E-state index in [0.717, 1.165) is 6.16 Å². The van der Waals surface area contributed by atoms with Crippen LogP contribution in [0.3, 0.4) is 0 Å². The SMILES string of the molecule is CC(C)[C@@H](CP(c1ccccc1)c1ccccc1)NS(C)(=O)=O. The van der Waals surface area contributed by atoms with Gasteiger partial charge >= 0.3 is 0 Å². The standard InChI is InChI=1S/C18H24NO2PS/c1-15(2)18(19-23(3,20)21)14-22(16-10-6-4-7-11-16)17-12-8-5-9-13-17/h4-13,15,18-19H,14H2,1-3H3/t18-/m1/s1. The molecule has 0 aliphatic carbocycles. The maximum atomic E-state index is 11.7. The minimum absolute atomic E-state index is 0.0727. The topological polar surface area (TPSA) is 46.2 Å². The molecule has 5 heteroatoms. The van der Waals surface area contributed by atoms with Gasteiger partial charge in [-0.2, -0.15) is 0 Å². The lowest BCUT2D eigenvalue weighted by molar-refractivity contribution is 0.483. The molecule has 23 heavy (non-hydrogen) atoms. The van der Waals surface area contributed by atoms with Crippen LogP contribution in [0.1, 0.15) is 13.8 Å². The molecule has 3 nitrogen and oxygen atoms in total. The second kappa shape index (κ2) is 8.05. The van der Waals surface area contributed by atoms with Crippen molar-refractivity contribution >= 4 is 28.6 Å². The zero-order chi connectivity index (χ0) is 16.9. The van der Waals surface area contributed by atoms with Crippen molar-refractivity contribution in [2.24, 2.45) is 5.92 Å². The van der Waals surface area contributed by atoms with E-state index in [1.54, 1.807) is 0 Å². The van der Waals surface area contributed by atoms with Gasteiger partial charge in [-0.1, -0.05) is 74.5 Å². The Balaban J connectivity index is 2.34. The highest BCUT2D eigenvalue weighted by atomic mass is 32.2. The second-order valence-electron chi connectivity index (χ2n) is 6.02. The minimum atomic E-state index is -3.22. The van der Waals surface area contributed by atoms with Crippen molar-refractivity contribution < 1.29 is 8.42 Å². The predicted octanol–water partition coefficient (Wildman–Crippen LogP) is 2.69. The third-order valence-electron chi connectivity index (χ3n) is 3.69. The molecule has 0 aliphatic heterocycles. The summed E-state index contributed by atoms with van der Waals surface area (Å²) in [6, 6.07) is 20.7. The van der Waals surface area contributed by atoms with Gasteiger partial charge in [0.1, 0.15) is 0 Å². The number of hydrogen-bond acceptors (Lipinski definition) is 2. The van der Waals surface area contributed by atoms with Crippen LogP contribution in [0.5, 0.6) is 0 Å². The number of sulfonamides is 1. The maximum Gasteiger partial charge on any atom is 0.208 e. The molecule has 0 bridgehead atoms. The van der Waals surface area contributed by atoms with Gasteiger partial charge in [-0.25, -0.2) is 13.1 Å². The summed E-state index contributed by atoms with van der Waals surface area (Å²) in [7, 11) is -3.82. The van der Waals surface area contributed by atoms with Crippen molar-refractivity contribution in [3.05, 3.63) is 60.7 Å². The second-order valence-corrected chi connectivity index (χ2v) is 10.1. The number of nitrogens with one attached hydrogen (secondary N) is 1. The van der Waals surface area contributed by atoms with Crippen LogP contribution < -0.4 is 15.3 Å². The Labute approximate surface area is 140 Å². The van der Waals surface area contributed by atoms with E-state index in [-0.39, 0.29) is 12.0 Å². The van der Waals surface area contributed by atoms with Crippen molar-refractivity contribution in [1.82, 2.24) is 4.72 Å². The molecule has 1 N–H and O–H groups in total. The molecular weight excluding hydrogens is 325 g/mol. The molecule has 0 aromatic heterocycles. The third kappa shape index (κ3) is 5.72. The van der Waals surface area contributed by atoms with Gasteiger partial charge in [0.15, 0.2) is 0 Å². The lowest BCUT2D eigenvalue weighted by Gasteiger charge is -2.27. The Hall–Kier alpha value is -1.22. The molecule has 2 aromatic carbocycles. The van der Waals surface area contributed by atoms with E-state index < -0.39 is 17.9 Å². The van der Waals surface area contributed by atoms with Gasteiger partial charge in [-0.3, -0.25) is 0 Å². The van der Waals surface area contributed by atoms with Gasteiger partial charge in [0, 0.05) is 6.04 Å². The van der Waals surface area contributed by atoms with Crippen molar-refractivity contribution in [3.8, 4) is 0 Å². The Morgan fingerprint density at radius 2 is 1.35 bits per heavy atom. The van der Waals surface area contributed by atoms with Crippen molar-refractivity contribution in [1.29, 1.82) is 0 Å². The Morgan fingerprint density at radius 1 is 0.913 bits per heavy atom. The molecular formula is C18H24NO2PS. The summed E-state index contributed by atoms with van der Waals surface area (Å²) < 4.78 is 26.2. The quantitative estimate of drug-likeness (QED) is 0.781. The lowest BCUT2D eigenvalue weighted by Crippen LogP contribution is -2.41. The van der Waals surface area contributed by atoms with E-state index in [2.05, 4.69) is 42.8 Å². The molecule has 0 unspecified atom stereocenters. The van der Waals surface area contributed by atoms with Crippen LogP contribution in [0.25, 0.3) is 0 Å². The molecule has 1 atom stereocenters. The molecule has 0 aliphatic rings. The van der Waals surface area contributed by atoms with E-state index in [1.165, 1.54) is 16.9 Å². The van der Waals surface area contributed by atoms with E-state index >= 15 is 0 Å². The Morgan fingerprint density at radius 3 is 1.70 bits per heavy atom. The fraction of sp³-hybridized carbons (Fsp3) is 0.333. The molecule has 2 aromatic rings. The van der Waals surface area contributed by atoms with Crippen LogP contribution in [0, 0.1) is 5.92 Å². The Kier molecular flexibility index (Phi) is 6.34. The lowest BCUT2D eigenvalue weighted by atomic mass is 10.1. The highest BCUT2D eigenvalue weighted by Crippen LogP contribution is 2.35. The average Bonchev–Trinajstić information content (AvgIpc) is 2.52. The predicted molar refractivity (Wildman–Crippen MR) is 101 cm³/mol. The summed E-state index contributed by atoms with van der Waals surface area (Å²) in [5, 5.41) is 2.55. The van der Waals surface area contributed by atoms with Gasteiger partial charge in [0.05, 0.1) is 6.26 Å². The van der Waals surface area contributed by atoms with Gasteiger partial charge < -0.3 is 0 Å². The van der Waals surface area contributed by atoms with E-state index in [4.69, 9.17) is 0 Å². The summed E-state index contributed by atoms with van der Waals surface area (Å²) in [5.74, 6) is 0.238. The van der Waals surface area contributed by atoms with Gasteiger partial charge in [0.25, 0.3) is 0 Å². The first-order valence-corrected chi connectivity index (χ1v) is 11.1. The first-order valence-electron chi connectivity index (χ1n) is 7.72. The normalized spacial score (nSPS) is 13.4. The summed E-state index contributed by atoms with van der Waals surface area (Å²) in [6.07, 6.45) is 2.03. The first kappa shape index (κ1) is 18.1. The van der Waals surface area contributed by atoms with Gasteiger partial charge in [-0.05, 0) is 30.6 Å². The van der Waals surface area contributed by atoms with Crippen LogP contribution in [0.15, 0.2) is 60.7 Å². The number of rotatable bonds is 7. The smallest absolute Gasteiger partial charge is 0.208 e. The zero-order valence-corrected chi connectivity index (χ0v) is 15.5. The van der Waals surface area contributed by atoms with E-state index in [0.29, 0.717) is 0 Å². The van der Waals surface area contributed by atoms with Crippen LogP contribution in [-0.4, -0.2) is 26.9 Å². The largest absolute Gasteiger partial charge is 0.213 e. The van der Waals surface area contributed by atoms with E-state index in [9.17, 15) is 8.42 Å². The molecule has 0 heterocycles. The summed E-state index contributed by atoms with van der Waals surface area (Å²) in [4.78, 5) is 0. The highest BCUT2D eigenvalue weighted by Gasteiger charge is 2.24. The van der Waals surface area contributed by atoms with Crippen LogP contribution in [-0.2, 0) is 10.0 Å². The molecule has 0 fully saturated rings. The van der Waals surface area contributed by atoms with Crippen LogP contribution in [0.4, 0.5) is 0 Å². The van der Waals surface area contributed by atoms with E-state index in [1.807, 2.05) is 36.4 Å². The monoisotopic (exact) mass is 349 g/mol. The molecule has 2 rings (SSSR count). The zero-order valence-electron chi connectivity index (χ0n) is 13.8. The van der Waals surface area contributed by atoms with Crippen molar-refractivity contribution in [2.75, 3.05) is 12.4 Å². The first-order chi connectivity index (χ1) is 10.9.